The molecular weight excluding hydrogens is 225 g/mol. The number of benzene rings is 1. The minimum atomic E-state index is -0.00836. The molecule has 2 aliphatic carbocycles. The quantitative estimate of drug-likeness (QED) is 0.848. The van der Waals surface area contributed by atoms with E-state index in [-0.39, 0.29) is 5.82 Å². The second-order valence-electron chi connectivity index (χ2n) is 5.91. The molecule has 1 fully saturated rings. The van der Waals surface area contributed by atoms with Crippen LogP contribution >= 0.6 is 0 Å². The maximum absolute atomic E-state index is 13.9. The maximum Gasteiger partial charge on any atom is 0.126 e. The summed E-state index contributed by atoms with van der Waals surface area (Å²) in [5, 5.41) is 0. The number of hydrogen-bond donors (Lipinski definition) is 1. The molecule has 3 rings (SSSR count). The summed E-state index contributed by atoms with van der Waals surface area (Å²) in [6, 6.07) is 5.62. The van der Waals surface area contributed by atoms with E-state index >= 15 is 0 Å². The highest BCUT2D eigenvalue weighted by atomic mass is 19.1. The Morgan fingerprint density at radius 1 is 1.17 bits per heavy atom. The Morgan fingerprint density at radius 3 is 2.67 bits per heavy atom. The Labute approximate surface area is 109 Å². The van der Waals surface area contributed by atoms with E-state index in [9.17, 15) is 4.39 Å². The second-order valence-corrected chi connectivity index (χ2v) is 5.91. The number of hydrogen-bond acceptors (Lipinski definition) is 1. The third-order valence-corrected chi connectivity index (χ3v) is 5.00. The molecule has 0 aromatic heterocycles. The summed E-state index contributed by atoms with van der Waals surface area (Å²) >= 11 is 0. The zero-order chi connectivity index (χ0) is 12.5. The van der Waals surface area contributed by atoms with Crippen molar-refractivity contribution in [2.45, 2.75) is 44.4 Å². The average molecular weight is 247 g/mol. The molecule has 1 saturated carbocycles. The highest BCUT2D eigenvalue weighted by Gasteiger charge is 2.36. The van der Waals surface area contributed by atoms with Crippen LogP contribution in [0.4, 0.5) is 4.39 Å². The van der Waals surface area contributed by atoms with Crippen LogP contribution in [0.1, 0.15) is 49.1 Å². The minimum Gasteiger partial charge on any atom is -0.330 e. The monoisotopic (exact) mass is 247 g/mol. The van der Waals surface area contributed by atoms with Gasteiger partial charge >= 0.3 is 0 Å². The largest absolute Gasteiger partial charge is 0.330 e. The first kappa shape index (κ1) is 12.2. The van der Waals surface area contributed by atoms with Crippen LogP contribution in [-0.2, 0) is 6.42 Å². The van der Waals surface area contributed by atoms with Gasteiger partial charge in [-0.1, -0.05) is 25.0 Å². The molecule has 1 nitrogen and oxygen atoms in total. The summed E-state index contributed by atoms with van der Waals surface area (Å²) in [4.78, 5) is 0. The molecular formula is C16H22FN. The van der Waals surface area contributed by atoms with Crippen molar-refractivity contribution in [2.24, 2.45) is 17.6 Å². The molecule has 1 aromatic rings. The van der Waals surface area contributed by atoms with E-state index in [0.29, 0.717) is 11.8 Å². The van der Waals surface area contributed by atoms with Gasteiger partial charge in [0.05, 0.1) is 0 Å². The van der Waals surface area contributed by atoms with Gasteiger partial charge in [0.1, 0.15) is 5.82 Å². The van der Waals surface area contributed by atoms with E-state index in [2.05, 4.69) is 6.07 Å². The molecule has 0 bridgehead atoms. The fourth-order valence-electron chi connectivity index (χ4n) is 4.13. The number of nitrogens with two attached hydrogens (primary N) is 1. The Morgan fingerprint density at radius 2 is 1.94 bits per heavy atom. The zero-order valence-corrected chi connectivity index (χ0v) is 10.9. The van der Waals surface area contributed by atoms with Crippen LogP contribution in [0, 0.1) is 17.7 Å². The van der Waals surface area contributed by atoms with E-state index in [1.54, 1.807) is 6.07 Å². The van der Waals surface area contributed by atoms with Gasteiger partial charge in [-0.2, -0.15) is 0 Å². The Balaban J connectivity index is 2.00. The van der Waals surface area contributed by atoms with Crippen molar-refractivity contribution < 1.29 is 4.39 Å². The van der Waals surface area contributed by atoms with Crippen molar-refractivity contribution in [2.75, 3.05) is 6.54 Å². The molecule has 0 spiro atoms. The van der Waals surface area contributed by atoms with Crippen LogP contribution in [-0.4, -0.2) is 6.54 Å². The molecule has 2 heteroatoms. The topological polar surface area (TPSA) is 26.0 Å². The first-order chi connectivity index (χ1) is 8.81. The number of fused-ring (bicyclic) bond motifs is 1. The molecule has 0 saturated heterocycles. The number of halogens is 1. The lowest BCUT2D eigenvalue weighted by Gasteiger charge is -2.37. The first-order valence-electron chi connectivity index (χ1n) is 7.28. The third-order valence-electron chi connectivity index (χ3n) is 5.00. The molecule has 0 aliphatic heterocycles. The van der Waals surface area contributed by atoms with Gasteiger partial charge in [0.25, 0.3) is 0 Å². The van der Waals surface area contributed by atoms with Crippen molar-refractivity contribution in [3.63, 3.8) is 0 Å². The molecule has 2 N–H and O–H groups in total. The van der Waals surface area contributed by atoms with Crippen LogP contribution in [0.3, 0.4) is 0 Å². The van der Waals surface area contributed by atoms with Gasteiger partial charge in [0.15, 0.2) is 0 Å². The highest BCUT2D eigenvalue weighted by molar-refractivity contribution is 5.35. The fourth-order valence-corrected chi connectivity index (χ4v) is 4.13. The molecule has 0 heterocycles. The van der Waals surface area contributed by atoms with Gasteiger partial charge in [-0.05, 0) is 67.2 Å². The SMILES string of the molecule is NCC1CCc2c(F)cccc2C1C1CCCC1. The second kappa shape index (κ2) is 5.00. The van der Waals surface area contributed by atoms with E-state index < -0.39 is 0 Å². The smallest absolute Gasteiger partial charge is 0.126 e. The molecule has 1 aromatic carbocycles. The molecule has 0 radical (unpaired) electrons. The minimum absolute atomic E-state index is 0.00836. The first-order valence-corrected chi connectivity index (χ1v) is 7.28. The van der Waals surface area contributed by atoms with Crippen LogP contribution < -0.4 is 5.73 Å². The summed E-state index contributed by atoms with van der Waals surface area (Å²) in [6.07, 6.45) is 7.21. The lowest BCUT2D eigenvalue weighted by Crippen LogP contribution is -2.31. The lowest BCUT2D eigenvalue weighted by atomic mass is 9.68. The highest BCUT2D eigenvalue weighted by Crippen LogP contribution is 2.46. The van der Waals surface area contributed by atoms with Gasteiger partial charge < -0.3 is 5.73 Å². The van der Waals surface area contributed by atoms with Crippen LogP contribution in [0.5, 0.6) is 0 Å². The summed E-state index contributed by atoms with van der Waals surface area (Å²) in [7, 11) is 0. The van der Waals surface area contributed by atoms with Gasteiger partial charge in [-0.3, -0.25) is 0 Å². The molecule has 98 valence electrons. The molecule has 2 atom stereocenters. The van der Waals surface area contributed by atoms with Gasteiger partial charge in [-0.25, -0.2) is 4.39 Å². The van der Waals surface area contributed by atoms with E-state index in [1.807, 2.05) is 6.07 Å². The van der Waals surface area contributed by atoms with E-state index in [0.717, 1.165) is 30.9 Å². The van der Waals surface area contributed by atoms with E-state index in [4.69, 9.17) is 5.73 Å². The summed E-state index contributed by atoms with van der Waals surface area (Å²) < 4.78 is 13.9. The maximum atomic E-state index is 13.9. The van der Waals surface area contributed by atoms with Crippen LogP contribution in [0.15, 0.2) is 18.2 Å². The van der Waals surface area contributed by atoms with Crippen molar-refractivity contribution in [3.8, 4) is 0 Å². The third kappa shape index (κ3) is 1.97. The van der Waals surface area contributed by atoms with Crippen LogP contribution in [0.2, 0.25) is 0 Å². The summed E-state index contributed by atoms with van der Waals surface area (Å²) in [5.41, 5.74) is 8.20. The lowest BCUT2D eigenvalue weighted by molar-refractivity contribution is 0.282. The van der Waals surface area contributed by atoms with Crippen molar-refractivity contribution >= 4 is 0 Å². The van der Waals surface area contributed by atoms with Gasteiger partial charge in [-0.15, -0.1) is 0 Å². The van der Waals surface area contributed by atoms with Crippen molar-refractivity contribution in [1.29, 1.82) is 0 Å². The molecule has 2 aliphatic rings. The summed E-state index contributed by atoms with van der Waals surface area (Å²) in [5.74, 6) is 1.80. The predicted molar refractivity (Wildman–Crippen MR) is 72.0 cm³/mol. The van der Waals surface area contributed by atoms with Crippen molar-refractivity contribution in [3.05, 3.63) is 35.1 Å². The van der Waals surface area contributed by atoms with Crippen molar-refractivity contribution in [1.82, 2.24) is 0 Å². The Kier molecular flexibility index (Phi) is 3.38. The Bertz CT molecular complexity index is 423. The van der Waals surface area contributed by atoms with Gasteiger partial charge in [0, 0.05) is 0 Å². The molecule has 18 heavy (non-hydrogen) atoms. The average Bonchev–Trinajstić information content (AvgIpc) is 2.91. The fraction of sp³-hybridized carbons (Fsp3) is 0.625. The van der Waals surface area contributed by atoms with E-state index in [1.165, 1.54) is 31.2 Å². The summed E-state index contributed by atoms with van der Waals surface area (Å²) in [6.45, 7) is 0.747. The Hall–Kier alpha value is -0.890. The molecule has 0 amide bonds. The molecule has 2 unspecified atom stereocenters. The standard InChI is InChI=1S/C16H22FN/c17-15-7-3-6-14-13(15)9-8-12(10-18)16(14)11-4-1-2-5-11/h3,6-7,11-12,16H,1-2,4-5,8-10,18H2. The zero-order valence-electron chi connectivity index (χ0n) is 10.9. The van der Waals surface area contributed by atoms with Crippen LogP contribution in [0.25, 0.3) is 0 Å². The number of rotatable bonds is 2. The normalized spacial score (nSPS) is 28.3. The van der Waals surface area contributed by atoms with Gasteiger partial charge in [0.2, 0.25) is 0 Å². The predicted octanol–water partition coefficient (Wildman–Crippen LogP) is 3.62.